The molecule has 0 amide bonds. The van der Waals surface area contributed by atoms with Crippen LogP contribution in [0.15, 0.2) is 18.2 Å². The first-order valence-corrected chi connectivity index (χ1v) is 5.30. The van der Waals surface area contributed by atoms with E-state index in [1.165, 1.54) is 0 Å². The highest BCUT2D eigenvalue weighted by Gasteiger charge is 2.28. The minimum Gasteiger partial charge on any atom is -0.496 e. The van der Waals surface area contributed by atoms with Crippen LogP contribution in [0.2, 0.25) is 5.02 Å². The van der Waals surface area contributed by atoms with Crippen LogP contribution in [0.1, 0.15) is 19.4 Å². The summed E-state index contributed by atoms with van der Waals surface area (Å²) in [6, 6.07) is 5.22. The molecule has 0 aliphatic carbocycles. The van der Waals surface area contributed by atoms with Crippen LogP contribution in [-0.2, 0) is 11.2 Å². The molecule has 88 valence electrons. The topological polar surface area (TPSA) is 46.5 Å². The molecule has 0 fully saturated rings. The molecule has 0 unspecified atom stereocenters. The minimum atomic E-state index is -0.829. The summed E-state index contributed by atoms with van der Waals surface area (Å²) in [4.78, 5) is 11.0. The third-order valence-electron chi connectivity index (χ3n) is 2.46. The zero-order chi connectivity index (χ0) is 12.3. The predicted octanol–water partition coefficient (Wildman–Crippen LogP) is 3.00. The summed E-state index contributed by atoms with van der Waals surface area (Å²) in [6.07, 6.45) is 0.405. The van der Waals surface area contributed by atoms with E-state index in [1.807, 2.05) is 0 Å². The van der Waals surface area contributed by atoms with Crippen molar-refractivity contribution in [1.82, 2.24) is 0 Å². The van der Waals surface area contributed by atoms with Crippen molar-refractivity contribution in [3.8, 4) is 5.75 Å². The van der Waals surface area contributed by atoms with E-state index < -0.39 is 11.4 Å². The standard InChI is InChI=1S/C12H15ClO3/c1-12(2,11(14)15)7-8-4-5-9(13)6-10(8)16-3/h4-6H,7H2,1-3H3,(H,14,15). The quantitative estimate of drug-likeness (QED) is 0.883. The molecule has 3 nitrogen and oxygen atoms in total. The maximum atomic E-state index is 11.0. The molecule has 0 heterocycles. The number of benzene rings is 1. The van der Waals surface area contributed by atoms with Gasteiger partial charge in [-0.2, -0.15) is 0 Å². The monoisotopic (exact) mass is 242 g/mol. The summed E-state index contributed by atoms with van der Waals surface area (Å²) in [5.41, 5.74) is 0.0282. The maximum absolute atomic E-state index is 11.0. The summed E-state index contributed by atoms with van der Waals surface area (Å²) in [7, 11) is 1.54. The molecular formula is C12H15ClO3. The lowest BCUT2D eigenvalue weighted by atomic mass is 9.85. The van der Waals surface area contributed by atoms with Crippen molar-refractivity contribution in [2.45, 2.75) is 20.3 Å². The highest BCUT2D eigenvalue weighted by Crippen LogP contribution is 2.30. The fourth-order valence-electron chi connectivity index (χ4n) is 1.42. The van der Waals surface area contributed by atoms with Gasteiger partial charge in [-0.3, -0.25) is 4.79 Å². The van der Waals surface area contributed by atoms with Crippen molar-refractivity contribution in [3.63, 3.8) is 0 Å². The number of aliphatic carboxylic acids is 1. The van der Waals surface area contributed by atoms with Crippen LogP contribution >= 0.6 is 11.6 Å². The van der Waals surface area contributed by atoms with Gasteiger partial charge in [-0.05, 0) is 38.0 Å². The normalized spacial score (nSPS) is 11.2. The molecule has 1 aromatic rings. The molecular weight excluding hydrogens is 228 g/mol. The van der Waals surface area contributed by atoms with Gasteiger partial charge in [0.15, 0.2) is 0 Å². The Morgan fingerprint density at radius 1 is 1.50 bits per heavy atom. The Balaban J connectivity index is 3.01. The Labute approximate surface area is 100.0 Å². The first-order valence-electron chi connectivity index (χ1n) is 4.92. The molecule has 0 saturated heterocycles. The lowest BCUT2D eigenvalue weighted by Gasteiger charge is -2.20. The van der Waals surface area contributed by atoms with Gasteiger partial charge >= 0.3 is 5.97 Å². The highest BCUT2D eigenvalue weighted by atomic mass is 35.5. The number of carbonyl (C=O) groups is 1. The largest absolute Gasteiger partial charge is 0.496 e. The average molecular weight is 243 g/mol. The molecule has 0 spiro atoms. The van der Waals surface area contributed by atoms with Gasteiger partial charge in [0.2, 0.25) is 0 Å². The fourth-order valence-corrected chi connectivity index (χ4v) is 1.58. The fraction of sp³-hybridized carbons (Fsp3) is 0.417. The lowest BCUT2D eigenvalue weighted by Crippen LogP contribution is -2.26. The molecule has 0 aromatic heterocycles. The number of ether oxygens (including phenoxy) is 1. The van der Waals surface area contributed by atoms with E-state index in [0.29, 0.717) is 17.2 Å². The van der Waals surface area contributed by atoms with Crippen LogP contribution in [0.4, 0.5) is 0 Å². The number of hydrogen-bond donors (Lipinski definition) is 1. The van der Waals surface area contributed by atoms with Crippen molar-refractivity contribution >= 4 is 17.6 Å². The highest BCUT2D eigenvalue weighted by molar-refractivity contribution is 6.30. The van der Waals surface area contributed by atoms with E-state index in [4.69, 9.17) is 21.4 Å². The van der Waals surface area contributed by atoms with Crippen LogP contribution in [-0.4, -0.2) is 18.2 Å². The number of hydrogen-bond acceptors (Lipinski definition) is 2. The zero-order valence-corrected chi connectivity index (χ0v) is 10.3. The van der Waals surface area contributed by atoms with Crippen molar-refractivity contribution < 1.29 is 14.6 Å². The van der Waals surface area contributed by atoms with Gasteiger partial charge in [0.05, 0.1) is 12.5 Å². The Bertz CT molecular complexity index is 399. The van der Waals surface area contributed by atoms with Crippen molar-refractivity contribution in [1.29, 1.82) is 0 Å². The maximum Gasteiger partial charge on any atom is 0.309 e. The van der Waals surface area contributed by atoms with E-state index in [2.05, 4.69) is 0 Å². The molecule has 16 heavy (non-hydrogen) atoms. The van der Waals surface area contributed by atoms with E-state index in [1.54, 1.807) is 39.2 Å². The first kappa shape index (κ1) is 12.8. The molecule has 0 radical (unpaired) electrons. The lowest BCUT2D eigenvalue weighted by molar-refractivity contribution is -0.146. The Kier molecular flexibility index (Phi) is 3.81. The van der Waals surface area contributed by atoms with Crippen LogP contribution in [0.3, 0.4) is 0 Å². The second-order valence-corrected chi connectivity index (χ2v) is 4.76. The van der Waals surface area contributed by atoms with Gasteiger partial charge in [0.25, 0.3) is 0 Å². The Hall–Kier alpha value is -1.22. The van der Waals surface area contributed by atoms with Crippen LogP contribution in [0, 0.1) is 5.41 Å². The second kappa shape index (κ2) is 4.74. The predicted molar refractivity (Wildman–Crippen MR) is 63.1 cm³/mol. The minimum absolute atomic E-state index is 0.405. The smallest absolute Gasteiger partial charge is 0.309 e. The number of carboxylic acid groups (broad SMARTS) is 1. The average Bonchev–Trinajstić information content (AvgIpc) is 2.20. The molecule has 0 aliphatic heterocycles. The van der Waals surface area contributed by atoms with E-state index >= 15 is 0 Å². The van der Waals surface area contributed by atoms with Crippen molar-refractivity contribution in [2.75, 3.05) is 7.11 Å². The van der Waals surface area contributed by atoms with Gasteiger partial charge in [-0.25, -0.2) is 0 Å². The molecule has 0 atom stereocenters. The summed E-state index contributed by atoms with van der Waals surface area (Å²) in [5.74, 6) is -0.202. The summed E-state index contributed by atoms with van der Waals surface area (Å²) >= 11 is 5.83. The van der Waals surface area contributed by atoms with Gasteiger partial charge in [-0.1, -0.05) is 17.7 Å². The van der Waals surface area contributed by atoms with Gasteiger partial charge in [-0.15, -0.1) is 0 Å². The van der Waals surface area contributed by atoms with Gasteiger partial charge in [0, 0.05) is 5.02 Å². The van der Waals surface area contributed by atoms with E-state index in [-0.39, 0.29) is 0 Å². The first-order chi connectivity index (χ1) is 7.36. The summed E-state index contributed by atoms with van der Waals surface area (Å²) < 4.78 is 5.17. The van der Waals surface area contributed by atoms with E-state index in [0.717, 1.165) is 5.56 Å². The molecule has 1 N–H and O–H groups in total. The van der Waals surface area contributed by atoms with E-state index in [9.17, 15) is 4.79 Å². The van der Waals surface area contributed by atoms with Crippen LogP contribution < -0.4 is 4.74 Å². The van der Waals surface area contributed by atoms with Crippen molar-refractivity contribution in [2.24, 2.45) is 5.41 Å². The SMILES string of the molecule is COc1cc(Cl)ccc1CC(C)(C)C(=O)O. The molecule has 1 aromatic carbocycles. The van der Waals surface area contributed by atoms with Crippen LogP contribution in [0.5, 0.6) is 5.75 Å². The molecule has 1 rings (SSSR count). The van der Waals surface area contributed by atoms with Gasteiger partial charge < -0.3 is 9.84 Å². The Morgan fingerprint density at radius 2 is 2.12 bits per heavy atom. The Morgan fingerprint density at radius 3 is 2.62 bits per heavy atom. The number of halogens is 1. The third kappa shape index (κ3) is 2.89. The van der Waals surface area contributed by atoms with Crippen LogP contribution in [0.25, 0.3) is 0 Å². The second-order valence-electron chi connectivity index (χ2n) is 4.32. The number of carboxylic acids is 1. The molecule has 0 aliphatic rings. The summed E-state index contributed by atoms with van der Waals surface area (Å²) in [6.45, 7) is 3.37. The van der Waals surface area contributed by atoms with Gasteiger partial charge in [0.1, 0.15) is 5.75 Å². The number of rotatable bonds is 4. The molecule has 4 heteroatoms. The zero-order valence-electron chi connectivity index (χ0n) is 9.58. The molecule has 0 saturated carbocycles. The third-order valence-corrected chi connectivity index (χ3v) is 2.70. The van der Waals surface area contributed by atoms with Crippen molar-refractivity contribution in [3.05, 3.63) is 28.8 Å². The number of methoxy groups -OCH3 is 1. The molecule has 0 bridgehead atoms. The summed E-state index contributed by atoms with van der Waals surface area (Å²) in [5, 5.41) is 9.63.